The summed E-state index contributed by atoms with van der Waals surface area (Å²) < 4.78 is 45.9. The van der Waals surface area contributed by atoms with Gasteiger partial charge in [0.1, 0.15) is 12.1 Å². The number of halogens is 3. The van der Waals surface area contributed by atoms with Crippen molar-refractivity contribution in [2.75, 3.05) is 32.8 Å². The molecule has 3 heterocycles. The van der Waals surface area contributed by atoms with Gasteiger partial charge in [0.2, 0.25) is 5.91 Å². The summed E-state index contributed by atoms with van der Waals surface area (Å²) in [6.07, 6.45) is -6.57. The molecule has 1 amide bonds. The fourth-order valence-corrected chi connectivity index (χ4v) is 3.88. The number of H-pyrrole nitrogens is 1. The predicted octanol–water partition coefficient (Wildman–Crippen LogP) is -0.752. The number of alkyl halides is 3. The van der Waals surface area contributed by atoms with E-state index in [9.17, 15) is 37.5 Å². The maximum atomic E-state index is 12.9. The van der Waals surface area contributed by atoms with E-state index in [0.29, 0.717) is 32.8 Å². The number of aliphatic hydroxyl groups is 1. The molecule has 35 heavy (non-hydrogen) atoms. The highest BCUT2D eigenvalue weighted by Gasteiger charge is 2.45. The van der Waals surface area contributed by atoms with E-state index in [1.54, 1.807) is 0 Å². The molecule has 0 saturated carbocycles. The van der Waals surface area contributed by atoms with E-state index in [1.165, 1.54) is 19.9 Å². The monoisotopic (exact) mass is 503 g/mol. The van der Waals surface area contributed by atoms with Crippen LogP contribution in [0.3, 0.4) is 0 Å². The Morgan fingerprint density at radius 2 is 1.83 bits per heavy atom. The van der Waals surface area contributed by atoms with E-state index in [0.717, 1.165) is 15.3 Å². The van der Waals surface area contributed by atoms with Crippen molar-refractivity contribution >= 4 is 16.8 Å². The molecule has 0 bridgehead atoms. The van der Waals surface area contributed by atoms with Gasteiger partial charge in [0.15, 0.2) is 6.10 Å². The van der Waals surface area contributed by atoms with Crippen LogP contribution >= 0.6 is 0 Å². The van der Waals surface area contributed by atoms with Gasteiger partial charge in [-0.05, 0) is 12.0 Å². The number of aliphatic hydroxyl groups excluding tert-OH is 1. The summed E-state index contributed by atoms with van der Waals surface area (Å²) in [6, 6.07) is -0.366. The molecule has 3 N–H and O–H groups in total. The van der Waals surface area contributed by atoms with Crippen molar-refractivity contribution in [3.63, 3.8) is 0 Å². The largest absolute Gasteiger partial charge is 0.416 e. The summed E-state index contributed by atoms with van der Waals surface area (Å²) in [5.74, 6) is -1.70. The van der Waals surface area contributed by atoms with Gasteiger partial charge in [-0.25, -0.2) is 4.79 Å². The Balaban J connectivity index is 1.81. The number of fused-ring (bicyclic) bond motifs is 1. The van der Waals surface area contributed by atoms with Crippen LogP contribution in [-0.2, 0) is 22.6 Å². The Labute approximate surface area is 197 Å². The van der Waals surface area contributed by atoms with Crippen LogP contribution in [0.25, 0.3) is 10.9 Å². The molecule has 11 nitrogen and oxygen atoms in total. The lowest BCUT2D eigenvalue weighted by molar-refractivity contribution is -0.215. The number of aromatic amines is 1. The first-order valence-electron chi connectivity index (χ1n) is 11.1. The number of carbonyl (C=O) groups excluding carboxylic acids is 1. The first-order valence-corrected chi connectivity index (χ1v) is 11.1. The van der Waals surface area contributed by atoms with E-state index in [2.05, 4.69) is 10.3 Å². The van der Waals surface area contributed by atoms with Crippen molar-refractivity contribution in [1.29, 1.82) is 0 Å². The third-order valence-electron chi connectivity index (χ3n) is 5.90. The molecule has 194 valence electrons. The summed E-state index contributed by atoms with van der Waals surface area (Å²) >= 11 is 0. The molecule has 1 fully saturated rings. The highest BCUT2D eigenvalue weighted by atomic mass is 19.4. The van der Waals surface area contributed by atoms with Crippen LogP contribution in [0.2, 0.25) is 0 Å². The zero-order chi connectivity index (χ0) is 25.9. The summed E-state index contributed by atoms with van der Waals surface area (Å²) in [5, 5.41) is 11.6. The van der Waals surface area contributed by atoms with Crippen LogP contribution in [-0.4, -0.2) is 81.2 Å². The third kappa shape index (κ3) is 6.18. The molecule has 14 heteroatoms. The molecular formula is C21H28F3N5O6. The fraction of sp³-hybridized carbons (Fsp3) is 0.619. The molecule has 1 saturated heterocycles. The Bertz CT molecular complexity index is 1230. The second-order valence-corrected chi connectivity index (χ2v) is 8.70. The molecule has 3 rings (SSSR count). The molecule has 2 atom stereocenters. The van der Waals surface area contributed by atoms with Crippen molar-refractivity contribution in [2.45, 2.75) is 45.3 Å². The van der Waals surface area contributed by atoms with Gasteiger partial charge in [0.05, 0.1) is 24.6 Å². The number of amides is 1. The first kappa shape index (κ1) is 26.6. The van der Waals surface area contributed by atoms with Gasteiger partial charge in [-0.2, -0.15) is 13.2 Å². The SMILES string of the molecule is CC(C)C(NC(=O)Cn1ccc2c(=O)n(CCN3CCOCC3)c(=O)[nH]c2c1=O)C(O)C(F)(F)F. The summed E-state index contributed by atoms with van der Waals surface area (Å²) in [5.41, 5.74) is -2.62. The van der Waals surface area contributed by atoms with Gasteiger partial charge in [0, 0.05) is 32.4 Å². The average Bonchev–Trinajstić information content (AvgIpc) is 2.79. The highest BCUT2D eigenvalue weighted by Crippen LogP contribution is 2.25. The molecule has 2 aromatic heterocycles. The second kappa shape index (κ2) is 10.7. The van der Waals surface area contributed by atoms with Crippen molar-refractivity contribution in [1.82, 2.24) is 24.3 Å². The van der Waals surface area contributed by atoms with Crippen LogP contribution < -0.4 is 22.1 Å². The molecule has 2 aromatic rings. The molecule has 0 radical (unpaired) electrons. The molecule has 2 unspecified atom stereocenters. The van der Waals surface area contributed by atoms with E-state index in [-0.39, 0.29) is 17.4 Å². The summed E-state index contributed by atoms with van der Waals surface area (Å²) in [6.45, 7) is 5.13. The number of hydrogen-bond donors (Lipinski definition) is 3. The van der Waals surface area contributed by atoms with E-state index >= 15 is 0 Å². The summed E-state index contributed by atoms with van der Waals surface area (Å²) in [7, 11) is 0. The van der Waals surface area contributed by atoms with Gasteiger partial charge < -0.3 is 24.7 Å². The maximum absolute atomic E-state index is 12.9. The Morgan fingerprint density at radius 1 is 1.17 bits per heavy atom. The van der Waals surface area contributed by atoms with Gasteiger partial charge in [-0.1, -0.05) is 13.8 Å². The predicted molar refractivity (Wildman–Crippen MR) is 119 cm³/mol. The first-order chi connectivity index (χ1) is 16.4. The third-order valence-corrected chi connectivity index (χ3v) is 5.90. The fourth-order valence-electron chi connectivity index (χ4n) is 3.88. The van der Waals surface area contributed by atoms with Gasteiger partial charge in [-0.15, -0.1) is 0 Å². The zero-order valence-electron chi connectivity index (χ0n) is 19.3. The number of nitrogens with zero attached hydrogens (tertiary/aromatic N) is 3. The van der Waals surface area contributed by atoms with Crippen molar-refractivity contribution < 1.29 is 27.8 Å². The quantitative estimate of drug-likeness (QED) is 0.431. The minimum absolute atomic E-state index is 0.0548. The standard InChI is InChI=1S/C21H28F3N5O6/c1-12(2)15(17(31)21(22,23)24)25-14(30)11-28-4-3-13-16(19(28)33)26-20(34)29(18(13)32)6-5-27-7-9-35-10-8-27/h3-4,12,15,17,31H,5-11H2,1-2H3,(H,25,30)(H,26,34). The lowest BCUT2D eigenvalue weighted by Gasteiger charge is -2.28. The molecule has 0 aromatic carbocycles. The average molecular weight is 503 g/mol. The van der Waals surface area contributed by atoms with Crippen LogP contribution in [0.15, 0.2) is 26.6 Å². The van der Waals surface area contributed by atoms with Crippen molar-refractivity contribution in [3.05, 3.63) is 43.5 Å². The smallest absolute Gasteiger partial charge is 0.382 e. The highest BCUT2D eigenvalue weighted by molar-refractivity contribution is 5.78. The normalized spacial score (nSPS) is 17.0. The number of carbonyl (C=O) groups is 1. The second-order valence-electron chi connectivity index (χ2n) is 8.70. The van der Waals surface area contributed by atoms with Crippen LogP contribution in [0.5, 0.6) is 0 Å². The lowest BCUT2D eigenvalue weighted by atomic mass is 9.98. The van der Waals surface area contributed by atoms with Crippen molar-refractivity contribution in [3.8, 4) is 0 Å². The number of morpholine rings is 1. The molecule has 0 spiro atoms. The van der Waals surface area contributed by atoms with Gasteiger partial charge >= 0.3 is 11.9 Å². The molecular weight excluding hydrogens is 475 g/mol. The minimum Gasteiger partial charge on any atom is -0.382 e. The van der Waals surface area contributed by atoms with Crippen LogP contribution in [0.4, 0.5) is 13.2 Å². The zero-order valence-corrected chi connectivity index (χ0v) is 19.3. The van der Waals surface area contributed by atoms with E-state index in [1.807, 2.05) is 4.90 Å². The Morgan fingerprint density at radius 3 is 2.43 bits per heavy atom. The molecule has 1 aliphatic rings. The van der Waals surface area contributed by atoms with E-state index in [4.69, 9.17) is 4.74 Å². The minimum atomic E-state index is -4.94. The topological polar surface area (TPSA) is 139 Å². The Kier molecular flexibility index (Phi) is 8.18. The number of aromatic nitrogens is 3. The lowest BCUT2D eigenvalue weighted by Crippen LogP contribution is -2.53. The van der Waals surface area contributed by atoms with Gasteiger partial charge in [0.25, 0.3) is 11.1 Å². The summed E-state index contributed by atoms with van der Waals surface area (Å²) in [4.78, 5) is 54.9. The van der Waals surface area contributed by atoms with Crippen LogP contribution in [0.1, 0.15) is 13.8 Å². The number of ether oxygens (including phenoxy) is 1. The number of rotatable bonds is 8. The Hall–Kier alpha value is -2.97. The van der Waals surface area contributed by atoms with Crippen LogP contribution in [0, 0.1) is 5.92 Å². The van der Waals surface area contributed by atoms with Crippen molar-refractivity contribution in [2.24, 2.45) is 5.92 Å². The maximum Gasteiger partial charge on any atom is 0.416 e. The number of nitrogens with one attached hydrogen (secondary N) is 2. The molecule has 1 aliphatic heterocycles. The van der Waals surface area contributed by atoms with E-state index < -0.39 is 53.5 Å². The number of pyridine rings is 1. The van der Waals surface area contributed by atoms with Gasteiger partial charge in [-0.3, -0.25) is 23.9 Å². The number of hydrogen-bond acceptors (Lipinski definition) is 7. The molecule has 0 aliphatic carbocycles.